The van der Waals surface area contributed by atoms with Gasteiger partial charge in [-0.15, -0.1) is 11.3 Å². The molecule has 2 nitrogen and oxygen atoms in total. The van der Waals surface area contributed by atoms with Gasteiger partial charge in [0.15, 0.2) is 5.78 Å². The molecule has 4 rings (SSSR count). The summed E-state index contributed by atoms with van der Waals surface area (Å²) < 4.78 is 0. The summed E-state index contributed by atoms with van der Waals surface area (Å²) in [7, 11) is 0. The minimum absolute atomic E-state index is 0.275. The van der Waals surface area contributed by atoms with E-state index in [0.717, 1.165) is 31.3 Å². The number of carbonyl (C=O) groups is 1. The van der Waals surface area contributed by atoms with E-state index in [2.05, 4.69) is 36.2 Å². The number of allylic oxidation sites excluding steroid dienone is 2. The van der Waals surface area contributed by atoms with Crippen LogP contribution in [0.25, 0.3) is 0 Å². The standard InChI is InChI=1S/C19H19NOS/c1-2-19(14-8-4-3-5-9-14)17-13(7-6-10-16(17)21)11-15-18(19)22-12-20-15/h3-5,8-9,12H,2,6-7,10-11H2,1H3. The van der Waals surface area contributed by atoms with Gasteiger partial charge in [-0.3, -0.25) is 4.79 Å². The first kappa shape index (κ1) is 13.9. The smallest absolute Gasteiger partial charge is 0.160 e. The van der Waals surface area contributed by atoms with Gasteiger partial charge in [0.05, 0.1) is 16.6 Å². The second-order valence-electron chi connectivity index (χ2n) is 6.19. The molecule has 2 aliphatic rings. The van der Waals surface area contributed by atoms with Crippen LogP contribution in [0.15, 0.2) is 47.0 Å². The molecule has 0 spiro atoms. The summed E-state index contributed by atoms with van der Waals surface area (Å²) >= 11 is 1.71. The van der Waals surface area contributed by atoms with Crippen molar-refractivity contribution in [3.05, 3.63) is 63.1 Å². The summed E-state index contributed by atoms with van der Waals surface area (Å²) in [6.45, 7) is 2.20. The predicted molar refractivity (Wildman–Crippen MR) is 89.2 cm³/mol. The third kappa shape index (κ3) is 1.78. The van der Waals surface area contributed by atoms with Crippen LogP contribution in [0.4, 0.5) is 0 Å². The summed E-state index contributed by atoms with van der Waals surface area (Å²) in [5.41, 5.74) is 6.52. The van der Waals surface area contributed by atoms with Crippen LogP contribution >= 0.6 is 11.3 Å². The Balaban J connectivity index is 2.05. The van der Waals surface area contributed by atoms with Crippen molar-refractivity contribution < 1.29 is 4.79 Å². The molecule has 22 heavy (non-hydrogen) atoms. The fourth-order valence-electron chi connectivity index (χ4n) is 4.22. The number of thiazole rings is 1. The molecule has 0 saturated carbocycles. The summed E-state index contributed by atoms with van der Waals surface area (Å²) in [4.78, 5) is 18.7. The molecule has 0 N–H and O–H groups in total. The summed E-state index contributed by atoms with van der Waals surface area (Å²) in [5, 5.41) is 0. The number of carbonyl (C=O) groups excluding carboxylic acids is 1. The van der Waals surface area contributed by atoms with E-state index in [9.17, 15) is 4.79 Å². The molecule has 1 heterocycles. The summed E-state index contributed by atoms with van der Waals surface area (Å²) in [5.74, 6) is 0.353. The predicted octanol–water partition coefficient (Wildman–Crippen LogP) is 4.44. The number of Topliss-reactive ketones (excluding diaryl/α,β-unsaturated/α-hetero) is 1. The Kier molecular flexibility index (Phi) is 3.26. The first-order chi connectivity index (χ1) is 10.8. The Hall–Kier alpha value is -1.74. The first-order valence-corrected chi connectivity index (χ1v) is 8.89. The molecule has 1 atom stereocenters. The largest absolute Gasteiger partial charge is 0.295 e. The molecule has 0 aliphatic heterocycles. The highest BCUT2D eigenvalue weighted by Gasteiger charge is 2.47. The Morgan fingerprint density at radius 2 is 2.05 bits per heavy atom. The van der Waals surface area contributed by atoms with Gasteiger partial charge in [-0.2, -0.15) is 0 Å². The lowest BCUT2D eigenvalue weighted by Gasteiger charge is -2.41. The molecule has 0 fully saturated rings. The summed E-state index contributed by atoms with van der Waals surface area (Å²) in [6.07, 6.45) is 4.52. The lowest BCUT2D eigenvalue weighted by atomic mass is 9.62. The zero-order valence-electron chi connectivity index (χ0n) is 12.8. The SMILES string of the molecule is CCC1(c2ccccc2)C2=C(CCCC2=O)Cc2ncsc21. The number of aromatic nitrogens is 1. The second-order valence-corrected chi connectivity index (χ2v) is 7.04. The van der Waals surface area contributed by atoms with Crippen molar-refractivity contribution in [1.82, 2.24) is 4.98 Å². The number of nitrogens with zero attached hydrogens (tertiary/aromatic N) is 1. The van der Waals surface area contributed by atoms with Gasteiger partial charge in [-0.25, -0.2) is 4.98 Å². The Bertz CT molecular complexity index is 759. The van der Waals surface area contributed by atoms with E-state index in [1.165, 1.54) is 21.7 Å². The molecule has 0 radical (unpaired) electrons. The average Bonchev–Trinajstić information content (AvgIpc) is 3.02. The number of benzene rings is 1. The maximum atomic E-state index is 12.8. The van der Waals surface area contributed by atoms with E-state index >= 15 is 0 Å². The van der Waals surface area contributed by atoms with Crippen LogP contribution < -0.4 is 0 Å². The van der Waals surface area contributed by atoms with Gasteiger partial charge < -0.3 is 0 Å². The van der Waals surface area contributed by atoms with Crippen LogP contribution in [0.2, 0.25) is 0 Å². The molecular formula is C19H19NOS. The van der Waals surface area contributed by atoms with Crippen molar-refractivity contribution >= 4 is 17.1 Å². The van der Waals surface area contributed by atoms with Gasteiger partial charge >= 0.3 is 0 Å². The molecule has 2 aromatic rings. The Morgan fingerprint density at radius 3 is 2.82 bits per heavy atom. The maximum absolute atomic E-state index is 12.8. The highest BCUT2D eigenvalue weighted by molar-refractivity contribution is 7.10. The van der Waals surface area contributed by atoms with Crippen molar-refractivity contribution in [3.63, 3.8) is 0 Å². The third-order valence-corrected chi connectivity index (χ3v) is 6.18. The van der Waals surface area contributed by atoms with Crippen molar-refractivity contribution in [1.29, 1.82) is 0 Å². The quantitative estimate of drug-likeness (QED) is 0.820. The van der Waals surface area contributed by atoms with Crippen LogP contribution in [0, 0.1) is 0 Å². The van der Waals surface area contributed by atoms with Crippen molar-refractivity contribution in [2.45, 2.75) is 44.4 Å². The molecule has 1 unspecified atom stereocenters. The lowest BCUT2D eigenvalue weighted by Crippen LogP contribution is -2.39. The zero-order valence-corrected chi connectivity index (χ0v) is 13.6. The number of ketones is 1. The van der Waals surface area contributed by atoms with E-state index in [-0.39, 0.29) is 5.41 Å². The van der Waals surface area contributed by atoms with Crippen LogP contribution in [-0.2, 0) is 16.6 Å². The molecule has 0 saturated heterocycles. The van der Waals surface area contributed by atoms with Gasteiger partial charge in [0.1, 0.15) is 0 Å². The van der Waals surface area contributed by atoms with Crippen LogP contribution in [-0.4, -0.2) is 10.8 Å². The molecule has 1 aromatic carbocycles. The first-order valence-electron chi connectivity index (χ1n) is 8.01. The summed E-state index contributed by atoms with van der Waals surface area (Å²) in [6, 6.07) is 10.5. The highest BCUT2D eigenvalue weighted by Crippen LogP contribution is 2.52. The zero-order chi connectivity index (χ0) is 15.2. The van der Waals surface area contributed by atoms with Gasteiger partial charge in [0.2, 0.25) is 0 Å². The van der Waals surface area contributed by atoms with Gasteiger partial charge in [0, 0.05) is 23.3 Å². The molecule has 0 bridgehead atoms. The fourth-order valence-corrected chi connectivity index (χ4v) is 5.34. The van der Waals surface area contributed by atoms with Crippen LogP contribution in [0.5, 0.6) is 0 Å². The van der Waals surface area contributed by atoms with E-state index in [1.807, 2.05) is 11.6 Å². The van der Waals surface area contributed by atoms with Crippen molar-refractivity contribution in [3.8, 4) is 0 Å². The average molecular weight is 309 g/mol. The van der Waals surface area contributed by atoms with E-state index < -0.39 is 0 Å². The molecule has 0 amide bonds. The van der Waals surface area contributed by atoms with Gasteiger partial charge in [0.25, 0.3) is 0 Å². The topological polar surface area (TPSA) is 30.0 Å². The Morgan fingerprint density at radius 1 is 1.23 bits per heavy atom. The van der Waals surface area contributed by atoms with Crippen molar-refractivity contribution in [2.75, 3.05) is 0 Å². The molecular weight excluding hydrogens is 290 g/mol. The normalized spacial score (nSPS) is 24.1. The molecule has 2 aliphatic carbocycles. The second kappa shape index (κ2) is 5.17. The minimum Gasteiger partial charge on any atom is -0.295 e. The van der Waals surface area contributed by atoms with Gasteiger partial charge in [-0.1, -0.05) is 42.8 Å². The fraction of sp³-hybridized carbons (Fsp3) is 0.368. The van der Waals surface area contributed by atoms with Crippen LogP contribution in [0.3, 0.4) is 0 Å². The number of hydrogen-bond acceptors (Lipinski definition) is 3. The molecule has 1 aromatic heterocycles. The van der Waals surface area contributed by atoms with E-state index in [4.69, 9.17) is 0 Å². The van der Waals surface area contributed by atoms with Crippen LogP contribution in [0.1, 0.15) is 48.7 Å². The van der Waals surface area contributed by atoms with Crippen molar-refractivity contribution in [2.24, 2.45) is 0 Å². The van der Waals surface area contributed by atoms with E-state index in [0.29, 0.717) is 12.2 Å². The number of fused-ring (bicyclic) bond motifs is 1. The highest BCUT2D eigenvalue weighted by atomic mass is 32.1. The number of rotatable bonds is 2. The molecule has 112 valence electrons. The number of hydrogen-bond donors (Lipinski definition) is 0. The Labute approximate surface area is 134 Å². The lowest BCUT2D eigenvalue weighted by molar-refractivity contribution is -0.116. The maximum Gasteiger partial charge on any atom is 0.160 e. The van der Waals surface area contributed by atoms with Gasteiger partial charge in [-0.05, 0) is 24.8 Å². The van der Waals surface area contributed by atoms with E-state index in [1.54, 1.807) is 11.3 Å². The molecule has 3 heteroatoms. The third-order valence-electron chi connectivity index (χ3n) is 5.15. The monoisotopic (exact) mass is 309 g/mol. The minimum atomic E-state index is -0.275.